The first-order chi connectivity index (χ1) is 10.6. The highest BCUT2D eigenvalue weighted by molar-refractivity contribution is 5.99. The molecule has 22 heavy (non-hydrogen) atoms. The van der Waals surface area contributed by atoms with Gasteiger partial charge in [0.05, 0.1) is 6.61 Å². The van der Waals surface area contributed by atoms with Crippen LogP contribution in [-0.2, 0) is 4.84 Å². The maximum Gasteiger partial charge on any atom is 0.201 e. The van der Waals surface area contributed by atoms with Gasteiger partial charge in [0.15, 0.2) is 0 Å². The van der Waals surface area contributed by atoms with Gasteiger partial charge < -0.3 is 9.57 Å². The molecule has 0 unspecified atom stereocenters. The van der Waals surface area contributed by atoms with Gasteiger partial charge in [-0.15, -0.1) is 0 Å². The summed E-state index contributed by atoms with van der Waals surface area (Å²) in [7, 11) is 0. The number of rotatable bonds is 6. The fraction of sp³-hybridized carbons (Fsp3) is 0.438. The Kier molecular flexibility index (Phi) is 5.52. The van der Waals surface area contributed by atoms with Crippen molar-refractivity contribution < 1.29 is 9.57 Å². The van der Waals surface area contributed by atoms with E-state index in [0.29, 0.717) is 18.4 Å². The van der Waals surface area contributed by atoms with Crippen molar-refractivity contribution in [3.8, 4) is 5.75 Å². The molecule has 118 valence electrons. The van der Waals surface area contributed by atoms with E-state index in [4.69, 9.17) is 9.57 Å². The summed E-state index contributed by atoms with van der Waals surface area (Å²) >= 11 is 0. The van der Waals surface area contributed by atoms with Crippen LogP contribution < -0.4 is 4.74 Å². The van der Waals surface area contributed by atoms with Crippen LogP contribution in [0.25, 0.3) is 0 Å². The molecule has 0 aliphatic rings. The molecule has 0 spiro atoms. The number of ether oxygens (including phenoxy) is 1. The van der Waals surface area contributed by atoms with E-state index in [-0.39, 0.29) is 6.10 Å². The van der Waals surface area contributed by atoms with Gasteiger partial charge in [0.1, 0.15) is 24.5 Å². The van der Waals surface area contributed by atoms with E-state index in [2.05, 4.69) is 29.1 Å². The number of aromatic nitrogens is 3. The molecule has 0 fully saturated rings. The van der Waals surface area contributed by atoms with Gasteiger partial charge in [-0.3, -0.25) is 0 Å². The normalized spacial score (nSPS) is 12.0. The van der Waals surface area contributed by atoms with Crippen LogP contribution in [0.1, 0.15) is 33.3 Å². The lowest BCUT2D eigenvalue weighted by molar-refractivity contribution is 0.0851. The van der Waals surface area contributed by atoms with E-state index in [1.165, 1.54) is 6.33 Å². The van der Waals surface area contributed by atoms with Crippen molar-refractivity contribution in [1.29, 1.82) is 0 Å². The predicted octanol–water partition coefficient (Wildman–Crippen LogP) is 2.95. The molecular formula is C16H22N4O2. The van der Waals surface area contributed by atoms with Crippen LogP contribution in [0.15, 0.2) is 42.1 Å². The Morgan fingerprint density at radius 3 is 2.73 bits per heavy atom. The summed E-state index contributed by atoms with van der Waals surface area (Å²) in [6, 6.07) is 7.71. The maximum atomic E-state index is 5.76. The summed E-state index contributed by atoms with van der Waals surface area (Å²) in [5.41, 5.74) is 0.854. The van der Waals surface area contributed by atoms with Crippen LogP contribution in [0.3, 0.4) is 0 Å². The zero-order chi connectivity index (χ0) is 15.9. The molecular weight excluding hydrogens is 280 g/mol. The maximum absolute atomic E-state index is 5.76. The van der Waals surface area contributed by atoms with E-state index >= 15 is 0 Å². The summed E-state index contributed by atoms with van der Waals surface area (Å²) in [4.78, 5) is 9.34. The SMILES string of the molecule is CC(C)COc1cccc(C(=NOC(C)C)n2cncn2)c1. The highest BCUT2D eigenvalue weighted by Gasteiger charge is 2.10. The second-order valence-corrected chi connectivity index (χ2v) is 5.64. The van der Waals surface area contributed by atoms with Crippen molar-refractivity contribution in [3.05, 3.63) is 42.5 Å². The minimum absolute atomic E-state index is 0.0149. The standard InChI is InChI=1S/C16H22N4O2/c1-12(2)9-21-15-7-5-6-14(8-15)16(19-22-13(3)4)20-11-17-10-18-20/h5-8,10-13H,9H2,1-4H3. The molecule has 0 saturated heterocycles. The monoisotopic (exact) mass is 302 g/mol. The van der Waals surface area contributed by atoms with Crippen LogP contribution in [-0.4, -0.2) is 33.3 Å². The van der Waals surface area contributed by atoms with Gasteiger partial charge in [-0.25, -0.2) is 4.98 Å². The molecule has 0 saturated carbocycles. The summed E-state index contributed by atoms with van der Waals surface area (Å²) in [5, 5.41) is 8.32. The third kappa shape index (κ3) is 4.58. The Balaban J connectivity index is 2.27. The first-order valence-corrected chi connectivity index (χ1v) is 7.38. The first kappa shape index (κ1) is 16.0. The van der Waals surface area contributed by atoms with E-state index in [0.717, 1.165) is 11.3 Å². The fourth-order valence-corrected chi connectivity index (χ4v) is 1.69. The van der Waals surface area contributed by atoms with E-state index < -0.39 is 0 Å². The lowest BCUT2D eigenvalue weighted by Gasteiger charge is -2.11. The van der Waals surface area contributed by atoms with Crippen molar-refractivity contribution in [2.45, 2.75) is 33.8 Å². The van der Waals surface area contributed by atoms with Gasteiger partial charge in [0.2, 0.25) is 5.84 Å². The molecule has 1 heterocycles. The number of oxime groups is 1. The van der Waals surface area contributed by atoms with Gasteiger partial charge >= 0.3 is 0 Å². The van der Waals surface area contributed by atoms with Crippen LogP contribution >= 0.6 is 0 Å². The Labute approximate surface area is 130 Å². The molecule has 6 nitrogen and oxygen atoms in total. The molecule has 0 amide bonds. The average Bonchev–Trinajstić information content (AvgIpc) is 2.99. The smallest absolute Gasteiger partial charge is 0.201 e. The Morgan fingerprint density at radius 1 is 1.27 bits per heavy atom. The highest BCUT2D eigenvalue weighted by Crippen LogP contribution is 2.16. The van der Waals surface area contributed by atoms with Crippen LogP contribution in [0.4, 0.5) is 0 Å². The summed E-state index contributed by atoms with van der Waals surface area (Å²) in [5.74, 6) is 1.83. The second-order valence-electron chi connectivity index (χ2n) is 5.64. The Morgan fingerprint density at radius 2 is 2.09 bits per heavy atom. The fourth-order valence-electron chi connectivity index (χ4n) is 1.69. The minimum atomic E-state index is -0.0149. The highest BCUT2D eigenvalue weighted by atomic mass is 16.6. The summed E-state index contributed by atoms with van der Waals surface area (Å²) in [6.07, 6.45) is 3.03. The van der Waals surface area contributed by atoms with Crippen LogP contribution in [0, 0.1) is 5.92 Å². The second kappa shape index (κ2) is 7.59. The lowest BCUT2D eigenvalue weighted by Crippen LogP contribution is -2.16. The number of nitrogens with zero attached hydrogens (tertiary/aromatic N) is 4. The van der Waals surface area contributed by atoms with Crippen LogP contribution in [0.2, 0.25) is 0 Å². The minimum Gasteiger partial charge on any atom is -0.493 e. The molecule has 0 aliphatic carbocycles. The zero-order valence-electron chi connectivity index (χ0n) is 13.4. The molecule has 2 rings (SSSR count). The van der Waals surface area contributed by atoms with Crippen molar-refractivity contribution in [2.75, 3.05) is 6.61 Å². The quantitative estimate of drug-likeness (QED) is 0.467. The van der Waals surface area contributed by atoms with Gasteiger partial charge in [0.25, 0.3) is 0 Å². The first-order valence-electron chi connectivity index (χ1n) is 7.38. The molecule has 0 N–H and O–H groups in total. The third-order valence-electron chi connectivity index (χ3n) is 2.66. The van der Waals surface area contributed by atoms with Crippen molar-refractivity contribution in [2.24, 2.45) is 11.1 Å². The van der Waals surface area contributed by atoms with Crippen molar-refractivity contribution in [3.63, 3.8) is 0 Å². The van der Waals surface area contributed by atoms with Gasteiger partial charge in [-0.2, -0.15) is 9.78 Å². The molecule has 0 radical (unpaired) electrons. The topological polar surface area (TPSA) is 61.5 Å². The Hall–Kier alpha value is -2.37. The number of hydrogen-bond acceptors (Lipinski definition) is 5. The predicted molar refractivity (Wildman–Crippen MR) is 85.0 cm³/mol. The number of hydrogen-bond donors (Lipinski definition) is 0. The third-order valence-corrected chi connectivity index (χ3v) is 2.66. The van der Waals surface area contributed by atoms with E-state index in [1.54, 1.807) is 11.0 Å². The van der Waals surface area contributed by atoms with Gasteiger partial charge in [-0.1, -0.05) is 31.1 Å². The molecule has 6 heteroatoms. The largest absolute Gasteiger partial charge is 0.493 e. The van der Waals surface area contributed by atoms with Gasteiger partial charge in [-0.05, 0) is 31.9 Å². The molecule has 0 aliphatic heterocycles. The van der Waals surface area contributed by atoms with Gasteiger partial charge in [0, 0.05) is 5.56 Å². The Bertz CT molecular complexity index is 606. The molecule has 0 bridgehead atoms. The van der Waals surface area contributed by atoms with Crippen LogP contribution in [0.5, 0.6) is 5.75 Å². The summed E-state index contributed by atoms with van der Waals surface area (Å²) in [6.45, 7) is 8.74. The zero-order valence-corrected chi connectivity index (χ0v) is 13.4. The molecule has 1 aromatic heterocycles. The summed E-state index contributed by atoms with van der Waals surface area (Å²) < 4.78 is 7.33. The van der Waals surface area contributed by atoms with E-state index in [1.807, 2.05) is 38.1 Å². The average molecular weight is 302 g/mol. The molecule has 0 atom stereocenters. The lowest BCUT2D eigenvalue weighted by atomic mass is 10.2. The molecule has 2 aromatic rings. The number of benzene rings is 1. The van der Waals surface area contributed by atoms with E-state index in [9.17, 15) is 0 Å². The van der Waals surface area contributed by atoms with Crippen molar-refractivity contribution in [1.82, 2.24) is 14.8 Å². The molecule has 1 aromatic carbocycles. The van der Waals surface area contributed by atoms with Crippen molar-refractivity contribution >= 4 is 5.84 Å².